The summed E-state index contributed by atoms with van der Waals surface area (Å²) >= 11 is 0. The van der Waals surface area contributed by atoms with Crippen molar-refractivity contribution in [3.8, 4) is 5.75 Å². The van der Waals surface area contributed by atoms with Gasteiger partial charge in [-0.05, 0) is 54.4 Å². The van der Waals surface area contributed by atoms with E-state index >= 15 is 0 Å². The number of hydrogen-bond acceptors (Lipinski definition) is 5. The minimum Gasteiger partial charge on any atom is -0.492 e. The second-order valence-corrected chi connectivity index (χ2v) is 9.41. The number of anilines is 1. The van der Waals surface area contributed by atoms with Crippen molar-refractivity contribution >= 4 is 11.6 Å². The molecule has 2 aliphatic rings. The van der Waals surface area contributed by atoms with Crippen LogP contribution in [0.2, 0.25) is 0 Å². The van der Waals surface area contributed by atoms with Crippen LogP contribution in [0.1, 0.15) is 16.8 Å². The van der Waals surface area contributed by atoms with Gasteiger partial charge in [-0.15, -0.1) is 0 Å². The number of carbonyl (C=O) groups excluding carboxylic acids is 1. The van der Waals surface area contributed by atoms with Gasteiger partial charge in [-0.1, -0.05) is 24.3 Å². The third-order valence-electron chi connectivity index (χ3n) is 7.05. The van der Waals surface area contributed by atoms with Crippen molar-refractivity contribution in [3.05, 3.63) is 89.7 Å². The Hall–Kier alpha value is -3.59. The number of nitrogens with one attached hydrogen (secondary N) is 1. The highest BCUT2D eigenvalue weighted by Gasteiger charge is 2.42. The van der Waals surface area contributed by atoms with E-state index in [1.807, 2.05) is 42.5 Å². The number of ether oxygens (including phenoxy) is 1. The molecule has 5 rings (SSSR count). The molecule has 0 spiro atoms. The molecule has 1 aromatic heterocycles. The zero-order valence-corrected chi connectivity index (χ0v) is 20.3. The lowest BCUT2D eigenvalue weighted by atomic mass is 9.82. The van der Waals surface area contributed by atoms with Gasteiger partial charge in [0.25, 0.3) is 0 Å². The maximum absolute atomic E-state index is 13.4. The fourth-order valence-electron chi connectivity index (χ4n) is 5.18. The summed E-state index contributed by atoms with van der Waals surface area (Å²) in [5, 5.41) is 2.96. The van der Waals surface area contributed by atoms with Gasteiger partial charge in [0.05, 0.1) is 29.8 Å². The lowest BCUT2D eigenvalue weighted by molar-refractivity contribution is -0.137. The van der Waals surface area contributed by atoms with Gasteiger partial charge in [-0.25, -0.2) is 0 Å². The zero-order valence-electron chi connectivity index (χ0n) is 20.3. The second-order valence-electron chi connectivity index (χ2n) is 9.41. The first kappa shape index (κ1) is 25.1. The average Bonchev–Trinajstić information content (AvgIpc) is 2.91. The molecule has 1 amide bonds. The summed E-state index contributed by atoms with van der Waals surface area (Å²) in [5.41, 5.74) is 1.39. The van der Waals surface area contributed by atoms with Crippen LogP contribution in [0.15, 0.2) is 72.9 Å². The number of halogens is 3. The van der Waals surface area contributed by atoms with Crippen molar-refractivity contribution in [1.29, 1.82) is 0 Å². The van der Waals surface area contributed by atoms with E-state index in [-0.39, 0.29) is 24.9 Å². The Morgan fingerprint density at radius 1 is 1.05 bits per heavy atom. The predicted octanol–water partition coefficient (Wildman–Crippen LogP) is 4.16. The van der Waals surface area contributed by atoms with Crippen LogP contribution >= 0.6 is 0 Å². The van der Waals surface area contributed by atoms with Crippen LogP contribution in [0.25, 0.3) is 0 Å². The number of piperazine rings is 1. The molecule has 2 atom stereocenters. The van der Waals surface area contributed by atoms with Gasteiger partial charge in [0.1, 0.15) is 12.4 Å². The molecule has 0 radical (unpaired) electrons. The number of hydrogen-bond donors (Lipinski definition) is 1. The standard InChI is InChI=1S/C28H29F3N4O2/c29-28(30,31)21-9-10-25-20(16-21)17-24(27(36)33-18-22-6-4-5-11-32-22)26-19-34(12-13-35(25)26)14-15-37-23-7-2-1-3-8-23/h1-11,16,24,26H,12-15,17-19H2,(H,33,36)/t24-,26-/m1/s1. The van der Waals surface area contributed by atoms with Gasteiger partial charge in [0.2, 0.25) is 5.91 Å². The molecule has 9 heteroatoms. The second kappa shape index (κ2) is 10.8. The first-order valence-corrected chi connectivity index (χ1v) is 12.4. The summed E-state index contributed by atoms with van der Waals surface area (Å²) in [5.74, 6) is 0.142. The van der Waals surface area contributed by atoms with Crippen molar-refractivity contribution in [1.82, 2.24) is 15.2 Å². The number of carbonyl (C=O) groups is 1. The highest BCUT2D eigenvalue weighted by Crippen LogP contribution is 2.39. The number of alkyl halides is 3. The molecule has 1 fully saturated rings. The van der Waals surface area contributed by atoms with E-state index < -0.39 is 17.7 Å². The topological polar surface area (TPSA) is 57.7 Å². The van der Waals surface area contributed by atoms with Gasteiger partial charge in [0.15, 0.2) is 0 Å². The number of nitrogens with zero attached hydrogens (tertiary/aromatic N) is 3. The van der Waals surface area contributed by atoms with Gasteiger partial charge in [0, 0.05) is 38.1 Å². The zero-order chi connectivity index (χ0) is 25.8. The highest BCUT2D eigenvalue weighted by molar-refractivity contribution is 5.82. The highest BCUT2D eigenvalue weighted by atomic mass is 19.4. The first-order valence-electron chi connectivity index (χ1n) is 12.4. The van der Waals surface area contributed by atoms with Crippen LogP contribution in [0.5, 0.6) is 5.75 Å². The Balaban J connectivity index is 1.33. The Bertz CT molecular complexity index is 1210. The number of fused-ring (bicyclic) bond motifs is 3. The number of amides is 1. The Labute approximate surface area is 214 Å². The minimum atomic E-state index is -4.43. The quantitative estimate of drug-likeness (QED) is 0.518. The van der Waals surface area contributed by atoms with E-state index in [2.05, 4.69) is 20.1 Å². The normalized spacial score (nSPS) is 19.6. The van der Waals surface area contributed by atoms with Crippen molar-refractivity contribution in [3.63, 3.8) is 0 Å². The van der Waals surface area contributed by atoms with E-state index in [0.29, 0.717) is 31.8 Å². The van der Waals surface area contributed by atoms with Crippen molar-refractivity contribution in [2.24, 2.45) is 5.92 Å². The Kier molecular flexibility index (Phi) is 7.32. The third-order valence-corrected chi connectivity index (χ3v) is 7.05. The summed E-state index contributed by atoms with van der Waals surface area (Å²) in [6.07, 6.45) is -2.52. The monoisotopic (exact) mass is 510 g/mol. The number of aromatic nitrogens is 1. The molecule has 3 heterocycles. The molecule has 0 unspecified atom stereocenters. The molecule has 37 heavy (non-hydrogen) atoms. The lowest BCUT2D eigenvalue weighted by Gasteiger charge is -2.49. The third kappa shape index (κ3) is 5.88. The largest absolute Gasteiger partial charge is 0.492 e. The molecule has 3 aromatic rings. The number of para-hydroxylation sites is 1. The van der Waals surface area contributed by atoms with Gasteiger partial charge < -0.3 is 15.0 Å². The smallest absolute Gasteiger partial charge is 0.416 e. The van der Waals surface area contributed by atoms with Crippen molar-refractivity contribution < 1.29 is 22.7 Å². The van der Waals surface area contributed by atoms with E-state index in [0.717, 1.165) is 29.7 Å². The van der Waals surface area contributed by atoms with Crippen LogP contribution in [-0.4, -0.2) is 54.6 Å². The number of pyridine rings is 1. The van der Waals surface area contributed by atoms with Crippen LogP contribution in [0, 0.1) is 5.92 Å². The maximum Gasteiger partial charge on any atom is 0.416 e. The van der Waals surface area contributed by atoms with Gasteiger partial charge in [-0.2, -0.15) is 13.2 Å². The predicted molar refractivity (Wildman–Crippen MR) is 134 cm³/mol. The molecule has 2 aromatic carbocycles. The number of benzene rings is 2. The molecule has 6 nitrogen and oxygen atoms in total. The molecular formula is C28H29F3N4O2. The molecule has 2 aliphatic heterocycles. The maximum atomic E-state index is 13.4. The van der Waals surface area contributed by atoms with Gasteiger partial charge in [-0.3, -0.25) is 14.7 Å². The van der Waals surface area contributed by atoms with Crippen molar-refractivity contribution in [2.45, 2.75) is 25.2 Å². The summed E-state index contributed by atoms with van der Waals surface area (Å²) < 4.78 is 46.1. The molecule has 0 bridgehead atoms. The molecule has 194 valence electrons. The summed E-state index contributed by atoms with van der Waals surface area (Å²) in [4.78, 5) is 22.0. The lowest BCUT2D eigenvalue weighted by Crippen LogP contribution is -2.61. The van der Waals surface area contributed by atoms with Crippen LogP contribution < -0.4 is 15.0 Å². The van der Waals surface area contributed by atoms with E-state index in [4.69, 9.17) is 4.74 Å². The minimum absolute atomic E-state index is 0.154. The molecule has 1 saturated heterocycles. The van der Waals surface area contributed by atoms with Gasteiger partial charge >= 0.3 is 6.18 Å². The van der Waals surface area contributed by atoms with Crippen LogP contribution in [-0.2, 0) is 23.9 Å². The van der Waals surface area contributed by atoms with Crippen LogP contribution in [0.3, 0.4) is 0 Å². The average molecular weight is 511 g/mol. The Morgan fingerprint density at radius 3 is 2.62 bits per heavy atom. The fourth-order valence-corrected chi connectivity index (χ4v) is 5.18. The summed E-state index contributed by atoms with van der Waals surface area (Å²) in [6, 6.07) is 18.8. The van der Waals surface area contributed by atoms with Crippen molar-refractivity contribution in [2.75, 3.05) is 37.7 Å². The molecule has 0 saturated carbocycles. The molecular weight excluding hydrogens is 481 g/mol. The molecule has 1 N–H and O–H groups in total. The molecule has 0 aliphatic carbocycles. The summed E-state index contributed by atoms with van der Waals surface area (Å²) in [7, 11) is 0. The fraction of sp³-hybridized carbons (Fsp3) is 0.357. The van der Waals surface area contributed by atoms with Crippen LogP contribution in [0.4, 0.5) is 18.9 Å². The summed E-state index contributed by atoms with van der Waals surface area (Å²) in [6.45, 7) is 3.46. The Morgan fingerprint density at radius 2 is 1.86 bits per heavy atom. The van der Waals surface area contributed by atoms with E-state index in [1.165, 1.54) is 6.07 Å². The van der Waals surface area contributed by atoms with E-state index in [1.54, 1.807) is 18.3 Å². The first-order chi connectivity index (χ1) is 17.9. The van der Waals surface area contributed by atoms with E-state index in [9.17, 15) is 18.0 Å². The SMILES string of the molecule is O=C(NCc1ccccn1)[C@@H]1Cc2cc(C(F)(F)F)ccc2N2CCN(CCOc3ccccc3)C[C@H]12. The number of rotatable bonds is 7.